The molecule has 0 bridgehead atoms. The first-order valence-corrected chi connectivity index (χ1v) is 6.97. The Morgan fingerprint density at radius 3 is 2.25 bits per heavy atom. The van der Waals surface area contributed by atoms with E-state index in [4.69, 9.17) is 4.74 Å². The van der Waals surface area contributed by atoms with E-state index in [9.17, 15) is 0 Å². The van der Waals surface area contributed by atoms with E-state index in [1.807, 2.05) is 0 Å². The second kappa shape index (κ2) is 10.1. The van der Waals surface area contributed by atoms with Crippen LogP contribution in [0.3, 0.4) is 0 Å². The lowest BCUT2D eigenvalue weighted by molar-refractivity contribution is -0.0179. The molecule has 0 aliphatic heterocycles. The maximum absolute atomic E-state index is 5.89. The molecule has 0 unspecified atom stereocenters. The Morgan fingerprint density at radius 2 is 1.62 bits per heavy atom. The summed E-state index contributed by atoms with van der Waals surface area (Å²) in [6, 6.07) is 0. The van der Waals surface area contributed by atoms with Crippen molar-refractivity contribution in [2.45, 2.75) is 71.8 Å². The molecule has 2 heteroatoms. The molecule has 16 heavy (non-hydrogen) atoms. The zero-order valence-electron chi connectivity index (χ0n) is 11.8. The molecular formula is C14H31NO. The van der Waals surface area contributed by atoms with Crippen molar-refractivity contribution in [3.8, 4) is 0 Å². The van der Waals surface area contributed by atoms with E-state index >= 15 is 0 Å². The van der Waals surface area contributed by atoms with Gasteiger partial charge in [-0.05, 0) is 33.2 Å². The van der Waals surface area contributed by atoms with Crippen molar-refractivity contribution in [3.05, 3.63) is 0 Å². The first kappa shape index (κ1) is 15.9. The highest BCUT2D eigenvalue weighted by atomic mass is 16.5. The van der Waals surface area contributed by atoms with Crippen molar-refractivity contribution >= 4 is 0 Å². The second-order valence-corrected chi connectivity index (χ2v) is 5.20. The van der Waals surface area contributed by atoms with E-state index in [1.165, 1.54) is 38.5 Å². The third-order valence-electron chi connectivity index (χ3n) is 2.72. The van der Waals surface area contributed by atoms with E-state index < -0.39 is 0 Å². The standard InChI is InChI=1S/C14H31NO/c1-5-7-8-9-10-12-16-14(3,4)13-15-11-6-2/h15H,5-13H2,1-4H3. The number of unbranched alkanes of at least 4 members (excludes halogenated alkanes) is 4. The topological polar surface area (TPSA) is 21.3 Å². The molecule has 98 valence electrons. The smallest absolute Gasteiger partial charge is 0.0750 e. The summed E-state index contributed by atoms with van der Waals surface area (Å²) in [7, 11) is 0. The van der Waals surface area contributed by atoms with Crippen LogP contribution in [0.15, 0.2) is 0 Å². The van der Waals surface area contributed by atoms with Gasteiger partial charge in [0.1, 0.15) is 0 Å². The summed E-state index contributed by atoms with van der Waals surface area (Å²) in [5.41, 5.74) is -0.0140. The zero-order chi connectivity index (χ0) is 12.3. The molecule has 0 saturated heterocycles. The fourth-order valence-electron chi connectivity index (χ4n) is 1.67. The highest BCUT2D eigenvalue weighted by Crippen LogP contribution is 2.10. The minimum atomic E-state index is -0.0140. The number of rotatable bonds is 11. The molecule has 0 aliphatic carbocycles. The van der Waals surface area contributed by atoms with Crippen LogP contribution in [-0.4, -0.2) is 25.3 Å². The van der Waals surface area contributed by atoms with Gasteiger partial charge >= 0.3 is 0 Å². The van der Waals surface area contributed by atoms with Crippen molar-refractivity contribution in [1.82, 2.24) is 5.32 Å². The van der Waals surface area contributed by atoms with Gasteiger partial charge in [0.15, 0.2) is 0 Å². The molecule has 0 heterocycles. The normalized spacial score (nSPS) is 12.0. The summed E-state index contributed by atoms with van der Waals surface area (Å²) < 4.78 is 5.89. The number of hydrogen-bond donors (Lipinski definition) is 1. The highest BCUT2D eigenvalue weighted by molar-refractivity contribution is 4.71. The van der Waals surface area contributed by atoms with Gasteiger partial charge < -0.3 is 10.1 Å². The molecule has 0 spiro atoms. The highest BCUT2D eigenvalue weighted by Gasteiger charge is 2.16. The number of hydrogen-bond acceptors (Lipinski definition) is 2. The van der Waals surface area contributed by atoms with Crippen LogP contribution >= 0.6 is 0 Å². The predicted molar refractivity (Wildman–Crippen MR) is 72.0 cm³/mol. The van der Waals surface area contributed by atoms with Gasteiger partial charge in [0.25, 0.3) is 0 Å². The summed E-state index contributed by atoms with van der Waals surface area (Å²) in [6.45, 7) is 11.7. The van der Waals surface area contributed by atoms with Crippen molar-refractivity contribution in [1.29, 1.82) is 0 Å². The lowest BCUT2D eigenvalue weighted by Crippen LogP contribution is -2.38. The van der Waals surface area contributed by atoms with Crippen LogP contribution in [0.1, 0.15) is 66.2 Å². The van der Waals surface area contributed by atoms with E-state index in [0.717, 1.165) is 19.7 Å². The fourth-order valence-corrected chi connectivity index (χ4v) is 1.67. The molecule has 0 atom stereocenters. The fraction of sp³-hybridized carbons (Fsp3) is 1.00. The quantitative estimate of drug-likeness (QED) is 0.545. The van der Waals surface area contributed by atoms with Crippen LogP contribution in [0.2, 0.25) is 0 Å². The molecule has 0 saturated carbocycles. The van der Waals surface area contributed by atoms with Gasteiger partial charge in [-0.3, -0.25) is 0 Å². The molecular weight excluding hydrogens is 198 g/mol. The summed E-state index contributed by atoms with van der Waals surface area (Å²) in [6.07, 6.45) is 7.74. The minimum absolute atomic E-state index is 0.0140. The van der Waals surface area contributed by atoms with Crippen molar-refractivity contribution in [2.24, 2.45) is 0 Å². The van der Waals surface area contributed by atoms with Crippen molar-refractivity contribution in [3.63, 3.8) is 0 Å². The lowest BCUT2D eigenvalue weighted by atomic mass is 10.1. The van der Waals surface area contributed by atoms with Crippen molar-refractivity contribution in [2.75, 3.05) is 19.7 Å². The molecule has 1 N–H and O–H groups in total. The third-order valence-corrected chi connectivity index (χ3v) is 2.72. The Kier molecular flexibility index (Phi) is 10.0. The molecule has 0 rings (SSSR count). The Balaban J connectivity index is 3.35. The van der Waals surface area contributed by atoms with E-state index in [1.54, 1.807) is 0 Å². The summed E-state index contributed by atoms with van der Waals surface area (Å²) in [4.78, 5) is 0. The Hall–Kier alpha value is -0.0800. The van der Waals surface area contributed by atoms with Gasteiger partial charge in [-0.1, -0.05) is 39.5 Å². The van der Waals surface area contributed by atoms with E-state index in [2.05, 4.69) is 33.0 Å². The summed E-state index contributed by atoms with van der Waals surface area (Å²) >= 11 is 0. The molecule has 2 nitrogen and oxygen atoms in total. The van der Waals surface area contributed by atoms with Gasteiger partial charge in [0, 0.05) is 13.2 Å². The summed E-state index contributed by atoms with van der Waals surface area (Å²) in [5, 5.41) is 3.41. The van der Waals surface area contributed by atoms with E-state index in [0.29, 0.717) is 0 Å². The largest absolute Gasteiger partial charge is 0.374 e. The van der Waals surface area contributed by atoms with Gasteiger partial charge in [-0.2, -0.15) is 0 Å². The minimum Gasteiger partial charge on any atom is -0.374 e. The van der Waals surface area contributed by atoms with Gasteiger partial charge in [0.2, 0.25) is 0 Å². The van der Waals surface area contributed by atoms with Crippen LogP contribution in [0, 0.1) is 0 Å². The van der Waals surface area contributed by atoms with Crippen LogP contribution < -0.4 is 5.32 Å². The molecule has 0 aliphatic rings. The monoisotopic (exact) mass is 229 g/mol. The maximum atomic E-state index is 5.89. The Morgan fingerprint density at radius 1 is 0.938 bits per heavy atom. The van der Waals surface area contributed by atoms with Crippen LogP contribution in [0.5, 0.6) is 0 Å². The Bertz CT molecular complexity index is 146. The van der Waals surface area contributed by atoms with Gasteiger partial charge in [0.05, 0.1) is 5.60 Å². The number of nitrogens with one attached hydrogen (secondary N) is 1. The number of ether oxygens (including phenoxy) is 1. The third kappa shape index (κ3) is 10.4. The average Bonchev–Trinajstić information content (AvgIpc) is 2.23. The SMILES string of the molecule is CCCCCCCOC(C)(C)CNCCC. The van der Waals surface area contributed by atoms with Crippen LogP contribution in [0.4, 0.5) is 0 Å². The molecule has 0 aromatic heterocycles. The predicted octanol–water partition coefficient (Wildman–Crippen LogP) is 3.75. The molecule has 0 aromatic rings. The van der Waals surface area contributed by atoms with Crippen molar-refractivity contribution < 1.29 is 4.74 Å². The van der Waals surface area contributed by atoms with Crippen LogP contribution in [0.25, 0.3) is 0 Å². The first-order chi connectivity index (χ1) is 7.62. The molecule has 0 radical (unpaired) electrons. The van der Waals surface area contributed by atoms with Gasteiger partial charge in [-0.25, -0.2) is 0 Å². The van der Waals surface area contributed by atoms with Crippen LogP contribution in [-0.2, 0) is 4.74 Å². The maximum Gasteiger partial charge on any atom is 0.0750 e. The lowest BCUT2D eigenvalue weighted by Gasteiger charge is -2.25. The molecule has 0 aromatic carbocycles. The Labute approximate surface area is 102 Å². The summed E-state index contributed by atoms with van der Waals surface area (Å²) in [5.74, 6) is 0. The molecule has 0 fully saturated rings. The second-order valence-electron chi connectivity index (χ2n) is 5.20. The zero-order valence-corrected chi connectivity index (χ0v) is 11.8. The van der Waals surface area contributed by atoms with E-state index in [-0.39, 0.29) is 5.60 Å². The molecule has 0 amide bonds. The average molecular weight is 229 g/mol. The van der Waals surface area contributed by atoms with Gasteiger partial charge in [-0.15, -0.1) is 0 Å². The first-order valence-electron chi connectivity index (χ1n) is 6.97.